The number of rotatable bonds is 4. The van der Waals surface area contributed by atoms with Gasteiger partial charge in [0.05, 0.1) is 0 Å². The van der Waals surface area contributed by atoms with Gasteiger partial charge in [0.15, 0.2) is 0 Å². The standard InChI is InChI=1S/C8H15ClOS/c1-7-5-8(7,6-9)3-4-11(2)10/h7H,3-6H2,1-2H3. The van der Waals surface area contributed by atoms with E-state index in [0.717, 1.165) is 24.0 Å². The number of alkyl halides is 1. The van der Waals surface area contributed by atoms with Crippen LogP contribution in [-0.2, 0) is 10.8 Å². The molecule has 0 aromatic carbocycles. The number of halogens is 1. The van der Waals surface area contributed by atoms with Crippen molar-refractivity contribution in [3.63, 3.8) is 0 Å². The first-order valence-corrected chi connectivity index (χ1v) is 6.23. The van der Waals surface area contributed by atoms with Crippen LogP contribution in [0.25, 0.3) is 0 Å². The lowest BCUT2D eigenvalue weighted by Gasteiger charge is -2.10. The van der Waals surface area contributed by atoms with Crippen molar-refractivity contribution in [2.45, 2.75) is 19.8 Å². The second kappa shape index (κ2) is 3.44. The first-order chi connectivity index (χ1) is 5.10. The Labute approximate surface area is 76.0 Å². The van der Waals surface area contributed by atoms with Crippen LogP contribution in [0.1, 0.15) is 19.8 Å². The van der Waals surface area contributed by atoms with Crippen molar-refractivity contribution < 1.29 is 4.21 Å². The molecule has 0 heterocycles. The molecule has 1 nitrogen and oxygen atoms in total. The van der Waals surface area contributed by atoms with Crippen molar-refractivity contribution in [1.29, 1.82) is 0 Å². The largest absolute Gasteiger partial charge is 0.260 e. The SMILES string of the molecule is CC1CC1(CCl)CCS(C)=O. The summed E-state index contributed by atoms with van der Waals surface area (Å²) in [7, 11) is -0.647. The van der Waals surface area contributed by atoms with Gasteiger partial charge < -0.3 is 0 Å². The summed E-state index contributed by atoms with van der Waals surface area (Å²) in [4.78, 5) is 0. The van der Waals surface area contributed by atoms with E-state index in [-0.39, 0.29) is 0 Å². The third kappa shape index (κ3) is 2.19. The summed E-state index contributed by atoms with van der Waals surface area (Å²) in [6, 6.07) is 0. The summed E-state index contributed by atoms with van der Waals surface area (Å²) in [6.07, 6.45) is 4.03. The molecule has 0 amide bonds. The highest BCUT2D eigenvalue weighted by Crippen LogP contribution is 2.55. The van der Waals surface area contributed by atoms with Gasteiger partial charge >= 0.3 is 0 Å². The van der Waals surface area contributed by atoms with Crippen LogP contribution in [0.3, 0.4) is 0 Å². The summed E-state index contributed by atoms with van der Waals surface area (Å²) in [5, 5.41) is 0. The van der Waals surface area contributed by atoms with Crippen molar-refractivity contribution in [3.8, 4) is 0 Å². The second-order valence-electron chi connectivity index (χ2n) is 3.63. The summed E-state index contributed by atoms with van der Waals surface area (Å²) < 4.78 is 10.8. The fraction of sp³-hybridized carbons (Fsp3) is 1.00. The molecule has 3 heteroatoms. The third-order valence-corrected chi connectivity index (χ3v) is 4.06. The predicted octanol–water partition coefficient (Wildman–Crippen LogP) is 2.02. The minimum absolute atomic E-state index is 0.354. The Balaban J connectivity index is 2.30. The summed E-state index contributed by atoms with van der Waals surface area (Å²) in [6.45, 7) is 2.22. The smallest absolute Gasteiger partial charge is 0.0282 e. The molecule has 0 bridgehead atoms. The van der Waals surface area contributed by atoms with Gasteiger partial charge in [-0.2, -0.15) is 0 Å². The molecular weight excluding hydrogens is 180 g/mol. The van der Waals surface area contributed by atoms with Crippen LogP contribution in [-0.4, -0.2) is 22.1 Å². The molecule has 1 aliphatic rings. The fourth-order valence-corrected chi connectivity index (χ4v) is 2.70. The van der Waals surface area contributed by atoms with Gasteiger partial charge in [0, 0.05) is 28.7 Å². The molecule has 1 rings (SSSR count). The minimum atomic E-state index is -0.647. The fourth-order valence-electron chi connectivity index (χ4n) is 1.50. The molecule has 0 saturated heterocycles. The molecule has 0 aromatic heterocycles. The van der Waals surface area contributed by atoms with Crippen LogP contribution < -0.4 is 0 Å². The predicted molar refractivity (Wildman–Crippen MR) is 50.5 cm³/mol. The lowest BCUT2D eigenvalue weighted by atomic mass is 10.0. The van der Waals surface area contributed by atoms with Crippen LogP contribution in [0.4, 0.5) is 0 Å². The van der Waals surface area contributed by atoms with E-state index in [0.29, 0.717) is 5.41 Å². The van der Waals surface area contributed by atoms with Crippen LogP contribution in [0.2, 0.25) is 0 Å². The molecule has 1 aliphatic carbocycles. The summed E-state index contributed by atoms with van der Waals surface area (Å²) >= 11 is 5.84. The van der Waals surface area contributed by atoms with Gasteiger partial charge in [-0.25, -0.2) is 0 Å². The van der Waals surface area contributed by atoms with Crippen molar-refractivity contribution >= 4 is 22.4 Å². The molecule has 3 atom stereocenters. The summed E-state index contributed by atoms with van der Waals surface area (Å²) in [5.41, 5.74) is 0.354. The maximum absolute atomic E-state index is 10.8. The molecule has 11 heavy (non-hydrogen) atoms. The molecule has 0 radical (unpaired) electrons. The van der Waals surface area contributed by atoms with E-state index in [1.54, 1.807) is 6.26 Å². The van der Waals surface area contributed by atoms with Gasteiger partial charge in [-0.1, -0.05) is 6.92 Å². The molecule has 1 fully saturated rings. The Morgan fingerprint density at radius 3 is 2.55 bits per heavy atom. The average molecular weight is 195 g/mol. The van der Waals surface area contributed by atoms with Gasteiger partial charge in [0.25, 0.3) is 0 Å². The molecule has 0 N–H and O–H groups in total. The van der Waals surface area contributed by atoms with Crippen LogP contribution >= 0.6 is 11.6 Å². The Morgan fingerprint density at radius 1 is 1.73 bits per heavy atom. The Morgan fingerprint density at radius 2 is 2.27 bits per heavy atom. The number of hydrogen-bond acceptors (Lipinski definition) is 1. The van der Waals surface area contributed by atoms with Gasteiger partial charge in [-0.15, -0.1) is 11.6 Å². The maximum Gasteiger partial charge on any atom is 0.0282 e. The van der Waals surface area contributed by atoms with Crippen LogP contribution in [0.15, 0.2) is 0 Å². The monoisotopic (exact) mass is 194 g/mol. The molecular formula is C8H15ClOS. The normalized spacial score (nSPS) is 38.6. The Bertz CT molecular complexity index is 167. The van der Waals surface area contributed by atoms with Gasteiger partial charge in [-0.3, -0.25) is 4.21 Å². The highest BCUT2D eigenvalue weighted by atomic mass is 35.5. The van der Waals surface area contributed by atoms with Crippen LogP contribution in [0.5, 0.6) is 0 Å². The zero-order valence-electron chi connectivity index (χ0n) is 7.10. The van der Waals surface area contributed by atoms with E-state index in [1.165, 1.54) is 6.42 Å². The topological polar surface area (TPSA) is 17.1 Å². The van der Waals surface area contributed by atoms with E-state index in [1.807, 2.05) is 0 Å². The summed E-state index contributed by atoms with van der Waals surface area (Å²) in [5.74, 6) is 2.31. The zero-order valence-corrected chi connectivity index (χ0v) is 8.67. The van der Waals surface area contributed by atoms with Crippen LogP contribution in [0, 0.1) is 11.3 Å². The Kier molecular flexibility index (Phi) is 2.98. The first kappa shape index (κ1) is 9.53. The molecule has 1 saturated carbocycles. The van der Waals surface area contributed by atoms with E-state index in [2.05, 4.69) is 6.92 Å². The molecule has 66 valence electrons. The zero-order chi connectivity index (χ0) is 8.48. The lowest BCUT2D eigenvalue weighted by Crippen LogP contribution is -2.10. The molecule has 0 aromatic rings. The van der Waals surface area contributed by atoms with E-state index in [9.17, 15) is 4.21 Å². The highest BCUT2D eigenvalue weighted by molar-refractivity contribution is 7.84. The third-order valence-electron chi connectivity index (χ3n) is 2.75. The van der Waals surface area contributed by atoms with Gasteiger partial charge in [-0.05, 0) is 24.2 Å². The van der Waals surface area contributed by atoms with Crippen molar-refractivity contribution in [2.75, 3.05) is 17.9 Å². The highest BCUT2D eigenvalue weighted by Gasteiger charge is 2.49. The van der Waals surface area contributed by atoms with Gasteiger partial charge in [0.1, 0.15) is 0 Å². The van der Waals surface area contributed by atoms with Gasteiger partial charge in [0.2, 0.25) is 0 Å². The van der Waals surface area contributed by atoms with Crippen molar-refractivity contribution in [3.05, 3.63) is 0 Å². The van der Waals surface area contributed by atoms with E-state index >= 15 is 0 Å². The quantitative estimate of drug-likeness (QED) is 0.626. The van der Waals surface area contributed by atoms with E-state index in [4.69, 9.17) is 11.6 Å². The van der Waals surface area contributed by atoms with Crippen molar-refractivity contribution in [1.82, 2.24) is 0 Å². The lowest BCUT2D eigenvalue weighted by molar-refractivity contribution is 0.510. The van der Waals surface area contributed by atoms with E-state index < -0.39 is 10.8 Å². The molecule has 3 unspecified atom stereocenters. The minimum Gasteiger partial charge on any atom is -0.260 e. The first-order valence-electron chi connectivity index (χ1n) is 3.97. The molecule has 0 aliphatic heterocycles. The second-order valence-corrected chi connectivity index (χ2v) is 5.45. The maximum atomic E-state index is 10.8. The number of hydrogen-bond donors (Lipinski definition) is 0. The van der Waals surface area contributed by atoms with Crippen molar-refractivity contribution in [2.24, 2.45) is 11.3 Å². The molecule has 0 spiro atoms. The average Bonchev–Trinajstić information content (AvgIpc) is 2.59. The Hall–Kier alpha value is 0.440.